The first kappa shape index (κ1) is 12.5. The number of carbonyl (C=O) groups excluding carboxylic acids is 2. The SMILES string of the molecule is CCCC1NC(=O)CN(c2ccccc2F)C1=O. The summed E-state index contributed by atoms with van der Waals surface area (Å²) in [5.74, 6) is -0.992. The summed E-state index contributed by atoms with van der Waals surface area (Å²) in [5.41, 5.74) is 0.165. The van der Waals surface area contributed by atoms with Crippen molar-refractivity contribution in [3.8, 4) is 0 Å². The molecule has 4 nitrogen and oxygen atoms in total. The van der Waals surface area contributed by atoms with E-state index >= 15 is 0 Å². The van der Waals surface area contributed by atoms with Crippen LogP contribution >= 0.6 is 0 Å². The van der Waals surface area contributed by atoms with Crippen LogP contribution in [0.15, 0.2) is 24.3 Å². The summed E-state index contributed by atoms with van der Waals surface area (Å²) >= 11 is 0. The molecule has 2 amide bonds. The van der Waals surface area contributed by atoms with Crippen LogP contribution in [0.5, 0.6) is 0 Å². The van der Waals surface area contributed by atoms with E-state index in [1.165, 1.54) is 17.0 Å². The molecule has 1 atom stereocenters. The van der Waals surface area contributed by atoms with Gasteiger partial charge >= 0.3 is 0 Å². The summed E-state index contributed by atoms with van der Waals surface area (Å²) in [6.07, 6.45) is 1.34. The minimum Gasteiger partial charge on any atom is -0.343 e. The molecule has 1 aromatic rings. The van der Waals surface area contributed by atoms with Gasteiger partial charge < -0.3 is 5.32 Å². The van der Waals surface area contributed by atoms with Crippen LogP contribution in [-0.2, 0) is 9.59 Å². The first-order valence-corrected chi connectivity index (χ1v) is 5.98. The topological polar surface area (TPSA) is 49.4 Å². The molecule has 0 bridgehead atoms. The number of para-hydroxylation sites is 1. The van der Waals surface area contributed by atoms with Crippen molar-refractivity contribution in [2.24, 2.45) is 0 Å². The largest absolute Gasteiger partial charge is 0.343 e. The Morgan fingerprint density at radius 3 is 2.78 bits per heavy atom. The lowest BCUT2D eigenvalue weighted by Crippen LogP contribution is -2.58. The number of carbonyl (C=O) groups is 2. The molecule has 0 radical (unpaired) electrons. The number of piperazine rings is 1. The first-order valence-electron chi connectivity index (χ1n) is 5.98. The number of halogens is 1. The van der Waals surface area contributed by atoms with Crippen molar-refractivity contribution in [1.29, 1.82) is 0 Å². The van der Waals surface area contributed by atoms with Crippen molar-refractivity contribution in [3.63, 3.8) is 0 Å². The number of amides is 2. The van der Waals surface area contributed by atoms with E-state index < -0.39 is 11.9 Å². The summed E-state index contributed by atoms with van der Waals surface area (Å²) in [6, 6.07) is 5.44. The standard InChI is InChI=1S/C13H15FN2O2/c1-2-5-10-13(18)16(8-12(17)15-10)11-7-4-3-6-9(11)14/h3-4,6-7,10H,2,5,8H2,1H3,(H,15,17). The number of nitrogens with zero attached hydrogens (tertiary/aromatic N) is 1. The Morgan fingerprint density at radius 2 is 2.11 bits per heavy atom. The normalized spacial score (nSPS) is 19.9. The van der Waals surface area contributed by atoms with Gasteiger partial charge in [-0.2, -0.15) is 0 Å². The zero-order valence-corrected chi connectivity index (χ0v) is 10.1. The zero-order valence-electron chi connectivity index (χ0n) is 10.1. The highest BCUT2D eigenvalue weighted by molar-refractivity contribution is 6.06. The minimum atomic E-state index is -0.546. The van der Waals surface area contributed by atoms with E-state index in [2.05, 4.69) is 5.32 Å². The van der Waals surface area contributed by atoms with Gasteiger partial charge in [0, 0.05) is 0 Å². The van der Waals surface area contributed by atoms with Crippen molar-refractivity contribution in [3.05, 3.63) is 30.1 Å². The highest BCUT2D eigenvalue weighted by Gasteiger charge is 2.33. The Labute approximate surface area is 105 Å². The molecule has 2 rings (SSSR count). The Hall–Kier alpha value is -1.91. The van der Waals surface area contributed by atoms with E-state index in [0.29, 0.717) is 6.42 Å². The van der Waals surface area contributed by atoms with Gasteiger partial charge in [0.2, 0.25) is 11.8 Å². The summed E-state index contributed by atoms with van der Waals surface area (Å²) in [5, 5.41) is 2.63. The lowest BCUT2D eigenvalue weighted by atomic mass is 10.1. The molecule has 0 saturated carbocycles. The first-order chi connectivity index (χ1) is 8.63. The van der Waals surface area contributed by atoms with Gasteiger partial charge in [0.15, 0.2) is 0 Å². The summed E-state index contributed by atoms with van der Waals surface area (Å²) in [4.78, 5) is 24.9. The van der Waals surface area contributed by atoms with Crippen LogP contribution in [0.25, 0.3) is 0 Å². The van der Waals surface area contributed by atoms with Crippen molar-refractivity contribution in [1.82, 2.24) is 5.32 Å². The molecule has 5 heteroatoms. The van der Waals surface area contributed by atoms with Gasteiger partial charge in [0.1, 0.15) is 18.4 Å². The number of benzene rings is 1. The van der Waals surface area contributed by atoms with Gasteiger partial charge in [0.25, 0.3) is 0 Å². The summed E-state index contributed by atoms with van der Waals surface area (Å²) < 4.78 is 13.7. The average Bonchev–Trinajstić information content (AvgIpc) is 2.34. The Kier molecular flexibility index (Phi) is 3.60. The van der Waals surface area contributed by atoms with Gasteiger partial charge in [-0.3, -0.25) is 14.5 Å². The fraction of sp³-hybridized carbons (Fsp3) is 0.385. The number of anilines is 1. The number of nitrogens with one attached hydrogen (secondary N) is 1. The van der Waals surface area contributed by atoms with E-state index in [1.807, 2.05) is 6.92 Å². The maximum atomic E-state index is 13.7. The molecule has 96 valence electrons. The number of rotatable bonds is 3. The molecule has 1 N–H and O–H groups in total. The van der Waals surface area contributed by atoms with Gasteiger partial charge in [-0.05, 0) is 18.6 Å². The molecule has 1 heterocycles. The maximum absolute atomic E-state index is 13.7. The van der Waals surface area contributed by atoms with Gasteiger partial charge in [-0.1, -0.05) is 25.5 Å². The van der Waals surface area contributed by atoms with Crippen LogP contribution in [-0.4, -0.2) is 24.4 Å². The molecule has 1 aliphatic heterocycles. The molecular formula is C13H15FN2O2. The lowest BCUT2D eigenvalue weighted by Gasteiger charge is -2.32. The zero-order chi connectivity index (χ0) is 13.1. The Balaban J connectivity index is 2.29. The molecule has 0 aromatic heterocycles. The van der Waals surface area contributed by atoms with Gasteiger partial charge in [-0.25, -0.2) is 4.39 Å². The van der Waals surface area contributed by atoms with E-state index in [0.717, 1.165) is 6.42 Å². The molecule has 1 aromatic carbocycles. The van der Waals surface area contributed by atoms with E-state index in [1.54, 1.807) is 12.1 Å². The van der Waals surface area contributed by atoms with Gasteiger partial charge in [0.05, 0.1) is 5.69 Å². The minimum absolute atomic E-state index is 0.125. The third-order valence-corrected chi connectivity index (χ3v) is 2.92. The summed E-state index contributed by atoms with van der Waals surface area (Å²) in [6.45, 7) is 1.81. The van der Waals surface area contributed by atoms with Crippen molar-refractivity contribution in [2.75, 3.05) is 11.4 Å². The number of hydrogen-bond acceptors (Lipinski definition) is 2. The highest BCUT2D eigenvalue weighted by atomic mass is 19.1. The van der Waals surface area contributed by atoms with Crippen LogP contribution in [0.2, 0.25) is 0 Å². The number of hydrogen-bond donors (Lipinski definition) is 1. The molecule has 18 heavy (non-hydrogen) atoms. The molecular weight excluding hydrogens is 235 g/mol. The highest BCUT2D eigenvalue weighted by Crippen LogP contribution is 2.21. The monoisotopic (exact) mass is 250 g/mol. The van der Waals surface area contributed by atoms with Crippen LogP contribution in [0, 0.1) is 5.82 Å². The lowest BCUT2D eigenvalue weighted by molar-refractivity contribution is -0.131. The molecule has 0 spiro atoms. The van der Waals surface area contributed by atoms with Crippen molar-refractivity contribution >= 4 is 17.5 Å². The molecule has 0 aliphatic carbocycles. The van der Waals surface area contributed by atoms with Crippen molar-refractivity contribution < 1.29 is 14.0 Å². The quantitative estimate of drug-likeness (QED) is 0.882. The third kappa shape index (κ3) is 2.34. The third-order valence-electron chi connectivity index (χ3n) is 2.92. The molecule has 1 saturated heterocycles. The average molecular weight is 250 g/mol. The second-order valence-corrected chi connectivity index (χ2v) is 4.28. The van der Waals surface area contributed by atoms with E-state index in [-0.39, 0.29) is 24.0 Å². The predicted molar refractivity (Wildman–Crippen MR) is 65.6 cm³/mol. The van der Waals surface area contributed by atoms with Crippen LogP contribution in [0.3, 0.4) is 0 Å². The predicted octanol–water partition coefficient (Wildman–Crippen LogP) is 1.46. The second kappa shape index (κ2) is 5.16. The summed E-state index contributed by atoms with van der Waals surface area (Å²) in [7, 11) is 0. The van der Waals surface area contributed by atoms with Crippen LogP contribution < -0.4 is 10.2 Å². The van der Waals surface area contributed by atoms with E-state index in [4.69, 9.17) is 0 Å². The smallest absolute Gasteiger partial charge is 0.250 e. The molecule has 1 unspecified atom stereocenters. The fourth-order valence-electron chi connectivity index (χ4n) is 2.07. The Bertz CT molecular complexity index is 476. The molecule has 1 fully saturated rings. The van der Waals surface area contributed by atoms with Crippen LogP contribution in [0.1, 0.15) is 19.8 Å². The van der Waals surface area contributed by atoms with E-state index in [9.17, 15) is 14.0 Å². The maximum Gasteiger partial charge on any atom is 0.250 e. The fourth-order valence-corrected chi connectivity index (χ4v) is 2.07. The van der Waals surface area contributed by atoms with Crippen LogP contribution in [0.4, 0.5) is 10.1 Å². The second-order valence-electron chi connectivity index (χ2n) is 4.28. The van der Waals surface area contributed by atoms with Gasteiger partial charge in [-0.15, -0.1) is 0 Å². The molecule has 1 aliphatic rings. The van der Waals surface area contributed by atoms with Crippen molar-refractivity contribution in [2.45, 2.75) is 25.8 Å². The Morgan fingerprint density at radius 1 is 1.39 bits per heavy atom.